The van der Waals surface area contributed by atoms with Crippen molar-refractivity contribution < 1.29 is 18.3 Å². The van der Waals surface area contributed by atoms with Crippen LogP contribution in [0.1, 0.15) is 42.9 Å². The van der Waals surface area contributed by atoms with E-state index >= 15 is 4.39 Å². The Bertz CT molecular complexity index is 958. The molecule has 0 unspecified atom stereocenters. The molecule has 0 spiro atoms. The van der Waals surface area contributed by atoms with Crippen molar-refractivity contribution in [3.8, 4) is 0 Å². The number of ether oxygens (including phenoxy) is 1. The highest BCUT2D eigenvalue weighted by Gasteiger charge is 2.45. The first kappa shape index (κ1) is 24.5. The molecule has 34 heavy (non-hydrogen) atoms. The van der Waals surface area contributed by atoms with Crippen LogP contribution in [0.2, 0.25) is 0 Å². The van der Waals surface area contributed by atoms with E-state index in [2.05, 4.69) is 14.9 Å². The van der Waals surface area contributed by atoms with Gasteiger partial charge in [0.25, 0.3) is 5.91 Å². The fourth-order valence-electron chi connectivity index (χ4n) is 5.17. The molecule has 2 aromatic heterocycles. The molecule has 2 fully saturated rings. The zero-order chi connectivity index (χ0) is 24.1. The summed E-state index contributed by atoms with van der Waals surface area (Å²) in [5.74, 6) is -0.0258. The summed E-state index contributed by atoms with van der Waals surface area (Å²) in [7, 11) is 1.64. The van der Waals surface area contributed by atoms with Crippen molar-refractivity contribution >= 4 is 11.7 Å². The van der Waals surface area contributed by atoms with Crippen molar-refractivity contribution in [1.82, 2.24) is 19.8 Å². The SMILES string of the molecule is COC[C@@H](c1ccc(F)cn1)C1CCN(C(=O)C2(F)CCN(Cc3ccnc(N)c3)CC2)CC1. The number of hydrogen-bond donors (Lipinski definition) is 1. The van der Waals surface area contributed by atoms with Gasteiger partial charge in [-0.05, 0) is 48.6 Å². The van der Waals surface area contributed by atoms with Crippen molar-refractivity contribution in [1.29, 1.82) is 0 Å². The maximum absolute atomic E-state index is 15.7. The lowest BCUT2D eigenvalue weighted by Crippen LogP contribution is -2.54. The first-order valence-electron chi connectivity index (χ1n) is 11.9. The number of pyridine rings is 2. The molecule has 2 saturated heterocycles. The summed E-state index contributed by atoms with van der Waals surface area (Å²) in [6.07, 6.45) is 4.76. The molecule has 2 aliphatic heterocycles. The van der Waals surface area contributed by atoms with Gasteiger partial charge < -0.3 is 15.4 Å². The van der Waals surface area contributed by atoms with Gasteiger partial charge in [0.1, 0.15) is 11.6 Å². The van der Waals surface area contributed by atoms with E-state index in [1.165, 1.54) is 12.3 Å². The number of alkyl halides is 1. The van der Waals surface area contributed by atoms with E-state index in [1.807, 2.05) is 12.1 Å². The summed E-state index contributed by atoms with van der Waals surface area (Å²) < 4.78 is 34.4. The largest absolute Gasteiger partial charge is 0.384 e. The molecule has 0 saturated carbocycles. The van der Waals surface area contributed by atoms with Gasteiger partial charge in [0.2, 0.25) is 0 Å². The first-order valence-corrected chi connectivity index (χ1v) is 11.9. The maximum atomic E-state index is 15.7. The van der Waals surface area contributed by atoms with Gasteiger partial charge >= 0.3 is 0 Å². The Morgan fingerprint density at radius 2 is 1.94 bits per heavy atom. The minimum absolute atomic E-state index is 0.0210. The number of carbonyl (C=O) groups excluding carboxylic acids is 1. The second-order valence-electron chi connectivity index (χ2n) is 9.42. The summed E-state index contributed by atoms with van der Waals surface area (Å²) in [6.45, 7) is 3.21. The summed E-state index contributed by atoms with van der Waals surface area (Å²) >= 11 is 0. The van der Waals surface area contributed by atoms with Crippen LogP contribution in [0.4, 0.5) is 14.6 Å². The number of aromatic nitrogens is 2. The van der Waals surface area contributed by atoms with E-state index in [4.69, 9.17) is 10.5 Å². The highest BCUT2D eigenvalue weighted by Crippen LogP contribution is 2.35. The van der Waals surface area contributed by atoms with E-state index in [9.17, 15) is 9.18 Å². The fourth-order valence-corrected chi connectivity index (χ4v) is 5.17. The Balaban J connectivity index is 1.30. The molecule has 7 nitrogen and oxygen atoms in total. The van der Waals surface area contributed by atoms with Gasteiger partial charge in [0.15, 0.2) is 5.67 Å². The zero-order valence-corrected chi connectivity index (χ0v) is 19.6. The lowest BCUT2D eigenvalue weighted by molar-refractivity contribution is -0.149. The summed E-state index contributed by atoms with van der Waals surface area (Å²) in [5.41, 5.74) is 5.76. The molecule has 0 radical (unpaired) electrons. The molecule has 9 heteroatoms. The second-order valence-corrected chi connectivity index (χ2v) is 9.42. The number of anilines is 1. The molecule has 1 atom stereocenters. The third kappa shape index (κ3) is 5.70. The van der Waals surface area contributed by atoms with Gasteiger partial charge in [-0.25, -0.2) is 13.8 Å². The van der Waals surface area contributed by atoms with Gasteiger partial charge in [-0.15, -0.1) is 0 Å². The van der Waals surface area contributed by atoms with Crippen molar-refractivity contribution in [2.75, 3.05) is 45.6 Å². The number of amides is 1. The number of methoxy groups -OCH3 is 1. The van der Waals surface area contributed by atoms with Crippen LogP contribution in [0.15, 0.2) is 36.7 Å². The normalized spacial score (nSPS) is 20.3. The van der Waals surface area contributed by atoms with E-state index in [0.29, 0.717) is 45.1 Å². The molecule has 1 amide bonds. The van der Waals surface area contributed by atoms with Crippen LogP contribution in [0.25, 0.3) is 0 Å². The van der Waals surface area contributed by atoms with E-state index < -0.39 is 5.67 Å². The van der Waals surface area contributed by atoms with Crippen LogP contribution in [-0.2, 0) is 16.1 Å². The van der Waals surface area contributed by atoms with E-state index in [1.54, 1.807) is 24.3 Å². The maximum Gasteiger partial charge on any atom is 0.260 e. The van der Waals surface area contributed by atoms with Crippen LogP contribution in [0.5, 0.6) is 0 Å². The number of nitrogens with zero attached hydrogens (tertiary/aromatic N) is 4. The lowest BCUT2D eigenvalue weighted by atomic mass is 9.81. The smallest absolute Gasteiger partial charge is 0.260 e. The van der Waals surface area contributed by atoms with Crippen LogP contribution in [0.3, 0.4) is 0 Å². The molecular formula is C25H33F2N5O2. The van der Waals surface area contributed by atoms with Crippen molar-refractivity contribution in [2.45, 2.75) is 43.8 Å². The molecule has 4 rings (SSSR count). The third-order valence-electron chi connectivity index (χ3n) is 7.16. The Morgan fingerprint density at radius 3 is 2.56 bits per heavy atom. The number of halogens is 2. The van der Waals surface area contributed by atoms with Crippen molar-refractivity contribution in [3.05, 3.63) is 53.7 Å². The highest BCUT2D eigenvalue weighted by molar-refractivity contribution is 5.85. The summed E-state index contributed by atoms with van der Waals surface area (Å²) in [5, 5.41) is 0. The molecule has 184 valence electrons. The number of hydrogen-bond acceptors (Lipinski definition) is 6. The predicted molar refractivity (Wildman–Crippen MR) is 125 cm³/mol. The molecular weight excluding hydrogens is 440 g/mol. The number of piperidine rings is 2. The number of nitrogens with two attached hydrogens (primary N) is 1. The minimum atomic E-state index is -1.81. The molecule has 0 bridgehead atoms. The van der Waals surface area contributed by atoms with Gasteiger partial charge in [-0.2, -0.15) is 0 Å². The highest BCUT2D eigenvalue weighted by atomic mass is 19.1. The molecule has 2 N–H and O–H groups in total. The molecule has 2 aliphatic rings. The van der Waals surface area contributed by atoms with Crippen LogP contribution >= 0.6 is 0 Å². The average molecular weight is 474 g/mol. The van der Waals surface area contributed by atoms with Crippen LogP contribution in [0, 0.1) is 11.7 Å². The standard InChI is InChI=1S/C25H33F2N5O2/c1-34-17-21(22-3-2-20(26)15-30-22)19-5-10-32(11-6-19)24(33)25(27)7-12-31(13-8-25)16-18-4-9-29-23(28)14-18/h2-4,9,14-15,19,21H,5-8,10-13,16-17H2,1H3,(H2,28,29)/t21-/m1/s1. The van der Waals surface area contributed by atoms with Crippen LogP contribution in [-0.4, -0.2) is 71.2 Å². The Labute approximate surface area is 199 Å². The van der Waals surface area contributed by atoms with E-state index in [-0.39, 0.29) is 36.4 Å². The molecule has 0 aromatic carbocycles. The second kappa shape index (κ2) is 10.7. The first-order chi connectivity index (χ1) is 16.4. The third-order valence-corrected chi connectivity index (χ3v) is 7.16. The molecule has 0 aliphatic carbocycles. The topological polar surface area (TPSA) is 84.6 Å². The monoisotopic (exact) mass is 473 g/mol. The summed E-state index contributed by atoms with van der Waals surface area (Å²) in [4.78, 5) is 25.2. The quantitative estimate of drug-likeness (QED) is 0.665. The summed E-state index contributed by atoms with van der Waals surface area (Å²) in [6, 6.07) is 6.83. The van der Waals surface area contributed by atoms with Gasteiger partial charge in [-0.1, -0.05) is 0 Å². The van der Waals surface area contributed by atoms with Crippen molar-refractivity contribution in [3.63, 3.8) is 0 Å². The predicted octanol–water partition coefficient (Wildman–Crippen LogP) is 3.17. The Kier molecular flexibility index (Phi) is 7.73. The minimum Gasteiger partial charge on any atom is -0.384 e. The number of carbonyl (C=O) groups is 1. The van der Waals surface area contributed by atoms with E-state index in [0.717, 1.165) is 24.1 Å². The number of nitrogen functional groups attached to an aromatic ring is 1. The Morgan fingerprint density at radius 1 is 1.21 bits per heavy atom. The fraction of sp³-hybridized carbons (Fsp3) is 0.560. The van der Waals surface area contributed by atoms with Gasteiger partial charge in [-0.3, -0.25) is 14.7 Å². The van der Waals surface area contributed by atoms with Crippen molar-refractivity contribution in [2.24, 2.45) is 5.92 Å². The molecule has 2 aromatic rings. The number of rotatable bonds is 7. The molecule has 4 heterocycles. The average Bonchev–Trinajstić information content (AvgIpc) is 2.84. The van der Waals surface area contributed by atoms with Gasteiger partial charge in [0, 0.05) is 70.5 Å². The Hall–Kier alpha value is -2.65. The number of likely N-dealkylation sites (tertiary alicyclic amines) is 2. The van der Waals surface area contributed by atoms with Gasteiger partial charge in [0.05, 0.1) is 12.8 Å². The lowest BCUT2D eigenvalue weighted by Gasteiger charge is -2.41. The van der Waals surface area contributed by atoms with Crippen LogP contribution < -0.4 is 5.73 Å². The zero-order valence-electron chi connectivity index (χ0n) is 19.6.